The van der Waals surface area contributed by atoms with Crippen LogP contribution in [0.15, 0.2) is 18.2 Å². The zero-order valence-corrected chi connectivity index (χ0v) is 16.1. The second-order valence-electron chi connectivity index (χ2n) is 8.00. The number of hydrogen-bond donors (Lipinski definition) is 2. The van der Waals surface area contributed by atoms with Crippen molar-refractivity contribution in [2.45, 2.75) is 57.3 Å². The SMILES string of the molecule is CC1CCCN1C1CCN(c2ccc(N)c(C(F)(F)F)c2)C1.O=C(O)C1CC1. The minimum atomic E-state index is -4.40. The van der Waals surface area contributed by atoms with Crippen LogP contribution in [0.4, 0.5) is 24.5 Å². The van der Waals surface area contributed by atoms with Crippen molar-refractivity contribution in [2.24, 2.45) is 5.92 Å². The topological polar surface area (TPSA) is 69.8 Å². The van der Waals surface area contributed by atoms with E-state index >= 15 is 0 Å². The molecule has 2 atom stereocenters. The number of nitrogen functional groups attached to an aromatic ring is 1. The number of benzene rings is 1. The van der Waals surface area contributed by atoms with Gasteiger partial charge in [0.1, 0.15) is 0 Å². The maximum Gasteiger partial charge on any atom is 0.418 e. The first kappa shape index (κ1) is 20.8. The monoisotopic (exact) mass is 399 g/mol. The molecule has 2 heterocycles. The summed E-state index contributed by atoms with van der Waals surface area (Å²) in [6.45, 7) is 4.94. The van der Waals surface area contributed by atoms with Crippen LogP contribution in [-0.4, -0.2) is 47.7 Å². The molecule has 1 aromatic rings. The minimum absolute atomic E-state index is 0.0185. The van der Waals surface area contributed by atoms with E-state index in [-0.39, 0.29) is 11.6 Å². The molecule has 4 rings (SSSR count). The molecule has 3 fully saturated rings. The van der Waals surface area contributed by atoms with Crippen molar-refractivity contribution in [1.82, 2.24) is 4.90 Å². The number of carbonyl (C=O) groups is 1. The number of hydrogen-bond acceptors (Lipinski definition) is 4. The number of halogens is 3. The lowest BCUT2D eigenvalue weighted by atomic mass is 10.1. The van der Waals surface area contributed by atoms with E-state index in [1.54, 1.807) is 6.07 Å². The Morgan fingerprint density at radius 3 is 2.39 bits per heavy atom. The number of nitrogens with zero attached hydrogens (tertiary/aromatic N) is 2. The number of nitrogens with two attached hydrogens (primary N) is 1. The van der Waals surface area contributed by atoms with Crippen LogP contribution in [0, 0.1) is 5.92 Å². The molecule has 0 amide bonds. The number of carboxylic acids is 1. The molecule has 3 N–H and O–H groups in total. The summed E-state index contributed by atoms with van der Waals surface area (Å²) in [6.07, 6.45) is 0.845. The van der Waals surface area contributed by atoms with Gasteiger partial charge in [-0.15, -0.1) is 0 Å². The van der Waals surface area contributed by atoms with E-state index < -0.39 is 17.7 Å². The zero-order chi connectivity index (χ0) is 20.5. The number of rotatable bonds is 3. The van der Waals surface area contributed by atoms with Crippen molar-refractivity contribution in [3.8, 4) is 0 Å². The quantitative estimate of drug-likeness (QED) is 0.756. The molecule has 1 aromatic carbocycles. The molecule has 3 aliphatic rings. The highest BCUT2D eigenvalue weighted by Crippen LogP contribution is 2.37. The van der Waals surface area contributed by atoms with Crippen molar-refractivity contribution in [3.63, 3.8) is 0 Å². The van der Waals surface area contributed by atoms with E-state index in [2.05, 4.69) is 11.8 Å². The predicted molar refractivity (Wildman–Crippen MR) is 102 cm³/mol. The third kappa shape index (κ3) is 4.90. The first-order chi connectivity index (χ1) is 13.2. The Hall–Kier alpha value is -1.96. The first-order valence-electron chi connectivity index (χ1n) is 9.87. The van der Waals surface area contributed by atoms with Crippen LogP contribution < -0.4 is 10.6 Å². The summed E-state index contributed by atoms with van der Waals surface area (Å²) in [5.74, 6) is -0.611. The molecule has 0 radical (unpaired) electrons. The molecular formula is C20H28F3N3O2. The van der Waals surface area contributed by atoms with E-state index in [1.807, 2.05) is 4.90 Å². The molecule has 28 heavy (non-hydrogen) atoms. The summed E-state index contributed by atoms with van der Waals surface area (Å²) >= 11 is 0. The minimum Gasteiger partial charge on any atom is -0.481 e. The maximum absolute atomic E-state index is 13.0. The highest BCUT2D eigenvalue weighted by molar-refractivity contribution is 5.72. The number of aliphatic carboxylic acids is 1. The van der Waals surface area contributed by atoms with Gasteiger partial charge in [-0.1, -0.05) is 0 Å². The fourth-order valence-electron chi connectivity index (χ4n) is 4.06. The lowest BCUT2D eigenvalue weighted by Crippen LogP contribution is -2.39. The van der Waals surface area contributed by atoms with Gasteiger partial charge in [0.25, 0.3) is 0 Å². The van der Waals surface area contributed by atoms with Crippen molar-refractivity contribution in [2.75, 3.05) is 30.3 Å². The van der Waals surface area contributed by atoms with E-state index in [4.69, 9.17) is 10.8 Å². The van der Waals surface area contributed by atoms with E-state index in [9.17, 15) is 18.0 Å². The highest BCUT2D eigenvalue weighted by Gasteiger charge is 2.36. The van der Waals surface area contributed by atoms with Crippen molar-refractivity contribution < 1.29 is 23.1 Å². The van der Waals surface area contributed by atoms with Gasteiger partial charge in [0, 0.05) is 36.5 Å². The Bertz CT molecular complexity index is 706. The lowest BCUT2D eigenvalue weighted by molar-refractivity contribution is -0.138. The largest absolute Gasteiger partial charge is 0.481 e. The van der Waals surface area contributed by atoms with Crippen LogP contribution in [0.3, 0.4) is 0 Å². The zero-order valence-electron chi connectivity index (χ0n) is 16.1. The van der Waals surface area contributed by atoms with Gasteiger partial charge in [-0.2, -0.15) is 13.2 Å². The Balaban J connectivity index is 0.000000320. The van der Waals surface area contributed by atoms with Gasteiger partial charge in [0.15, 0.2) is 0 Å². The Morgan fingerprint density at radius 2 is 1.89 bits per heavy atom. The Kier molecular flexibility index (Phi) is 6.07. The smallest absolute Gasteiger partial charge is 0.418 e. The van der Waals surface area contributed by atoms with Gasteiger partial charge in [-0.3, -0.25) is 9.69 Å². The van der Waals surface area contributed by atoms with Crippen LogP contribution in [0.2, 0.25) is 0 Å². The Labute approximate surface area is 163 Å². The number of alkyl halides is 3. The van der Waals surface area contributed by atoms with Gasteiger partial charge in [-0.05, 0) is 63.8 Å². The molecule has 156 valence electrons. The summed E-state index contributed by atoms with van der Waals surface area (Å²) in [7, 11) is 0. The second-order valence-corrected chi connectivity index (χ2v) is 8.00. The van der Waals surface area contributed by atoms with E-state index in [0.717, 1.165) is 38.9 Å². The summed E-state index contributed by atoms with van der Waals surface area (Å²) < 4.78 is 38.9. The van der Waals surface area contributed by atoms with Gasteiger partial charge in [-0.25, -0.2) is 0 Å². The molecule has 2 unspecified atom stereocenters. The van der Waals surface area contributed by atoms with Gasteiger partial charge in [0.05, 0.1) is 11.5 Å². The average molecular weight is 399 g/mol. The highest BCUT2D eigenvalue weighted by atomic mass is 19.4. The van der Waals surface area contributed by atoms with Gasteiger partial charge < -0.3 is 15.7 Å². The van der Waals surface area contributed by atoms with Crippen molar-refractivity contribution in [1.29, 1.82) is 0 Å². The molecule has 0 bridgehead atoms. The second kappa shape index (κ2) is 8.19. The molecule has 0 spiro atoms. The lowest BCUT2D eigenvalue weighted by Gasteiger charge is -2.28. The standard InChI is InChI=1S/C16H22F3N3.C4H6O2/c1-11-3-2-7-22(11)13-6-8-21(10-13)12-4-5-15(20)14(9-12)16(17,18)19;5-4(6)3-1-2-3/h4-5,9,11,13H,2-3,6-8,10,20H2,1H3;3H,1-2H2,(H,5,6). The van der Waals surface area contributed by atoms with Gasteiger partial charge >= 0.3 is 12.1 Å². The molecule has 2 saturated heterocycles. The van der Waals surface area contributed by atoms with Crippen LogP contribution in [-0.2, 0) is 11.0 Å². The molecular weight excluding hydrogens is 371 g/mol. The number of carboxylic acid groups (broad SMARTS) is 1. The molecule has 1 saturated carbocycles. The average Bonchev–Trinajstić information content (AvgIpc) is 3.23. The van der Waals surface area contributed by atoms with E-state index in [0.29, 0.717) is 17.8 Å². The van der Waals surface area contributed by atoms with Crippen molar-refractivity contribution >= 4 is 17.3 Å². The number of likely N-dealkylation sites (tertiary alicyclic amines) is 1. The van der Waals surface area contributed by atoms with Crippen LogP contribution >= 0.6 is 0 Å². The third-order valence-electron chi connectivity index (χ3n) is 5.87. The molecule has 2 aliphatic heterocycles. The third-order valence-corrected chi connectivity index (χ3v) is 5.87. The Morgan fingerprint density at radius 1 is 1.18 bits per heavy atom. The fraction of sp³-hybridized carbons (Fsp3) is 0.650. The molecule has 5 nitrogen and oxygen atoms in total. The maximum atomic E-state index is 13.0. The van der Waals surface area contributed by atoms with Gasteiger partial charge in [0.2, 0.25) is 0 Å². The summed E-state index contributed by atoms with van der Waals surface area (Å²) in [6, 6.07) is 5.28. The van der Waals surface area contributed by atoms with Crippen LogP contribution in [0.1, 0.15) is 44.6 Å². The predicted octanol–water partition coefficient (Wildman–Crippen LogP) is 3.83. The normalized spacial score (nSPS) is 25.5. The van der Waals surface area contributed by atoms with Crippen molar-refractivity contribution in [3.05, 3.63) is 23.8 Å². The molecule has 0 aromatic heterocycles. The number of anilines is 2. The molecule has 8 heteroatoms. The summed E-state index contributed by atoms with van der Waals surface area (Å²) in [4.78, 5) is 14.3. The molecule has 1 aliphatic carbocycles. The first-order valence-corrected chi connectivity index (χ1v) is 9.87. The van der Waals surface area contributed by atoms with Crippen LogP contribution in [0.25, 0.3) is 0 Å². The van der Waals surface area contributed by atoms with E-state index in [1.165, 1.54) is 25.0 Å². The summed E-state index contributed by atoms with van der Waals surface area (Å²) in [5.41, 5.74) is 5.15. The summed E-state index contributed by atoms with van der Waals surface area (Å²) in [5, 5.41) is 8.05. The van der Waals surface area contributed by atoms with Crippen LogP contribution in [0.5, 0.6) is 0 Å². The fourth-order valence-corrected chi connectivity index (χ4v) is 4.06.